The number of allylic oxidation sites excluding steroid dienone is 1. The second-order valence-corrected chi connectivity index (χ2v) is 5.97. The number of benzene rings is 1. The van der Waals surface area contributed by atoms with Crippen molar-refractivity contribution in [1.29, 1.82) is 0 Å². The zero-order valence-electron chi connectivity index (χ0n) is 14.4. The summed E-state index contributed by atoms with van der Waals surface area (Å²) < 4.78 is 10.7. The molecule has 2 rings (SSSR count). The van der Waals surface area contributed by atoms with Crippen molar-refractivity contribution < 1.29 is 14.3 Å². The number of carbonyl (C=O) groups is 1. The number of nitrogens with one attached hydrogen (secondary N) is 1. The van der Waals surface area contributed by atoms with E-state index in [-0.39, 0.29) is 5.91 Å². The Morgan fingerprint density at radius 3 is 2.70 bits per heavy atom. The predicted octanol–water partition coefficient (Wildman–Crippen LogP) is 3.56. The highest BCUT2D eigenvalue weighted by atomic mass is 16.5. The monoisotopic (exact) mass is 317 g/mol. The molecule has 1 aromatic rings. The molecule has 1 aliphatic rings. The van der Waals surface area contributed by atoms with E-state index in [1.165, 1.54) is 31.3 Å². The van der Waals surface area contributed by atoms with Gasteiger partial charge in [0.1, 0.15) is 11.5 Å². The molecule has 0 aliphatic heterocycles. The molecular formula is C19H27NO3. The van der Waals surface area contributed by atoms with Crippen molar-refractivity contribution in [3.05, 3.63) is 34.9 Å². The molecule has 0 unspecified atom stereocenters. The second-order valence-electron chi connectivity index (χ2n) is 5.97. The van der Waals surface area contributed by atoms with Crippen LogP contribution in [0, 0.1) is 6.92 Å². The van der Waals surface area contributed by atoms with Crippen LogP contribution < -0.4 is 14.8 Å². The van der Waals surface area contributed by atoms with Crippen LogP contribution in [0.5, 0.6) is 11.5 Å². The molecule has 126 valence electrons. The lowest BCUT2D eigenvalue weighted by molar-refractivity contribution is -0.120. The van der Waals surface area contributed by atoms with E-state index in [1.54, 1.807) is 14.2 Å². The van der Waals surface area contributed by atoms with Crippen molar-refractivity contribution in [2.45, 2.75) is 45.4 Å². The third-order valence-electron chi connectivity index (χ3n) is 4.37. The Morgan fingerprint density at radius 1 is 1.22 bits per heavy atom. The Morgan fingerprint density at radius 2 is 2.04 bits per heavy atom. The molecule has 1 aliphatic carbocycles. The lowest BCUT2D eigenvalue weighted by Crippen LogP contribution is -2.26. The van der Waals surface area contributed by atoms with Crippen LogP contribution in [-0.2, 0) is 11.2 Å². The molecule has 1 N–H and O–H groups in total. The van der Waals surface area contributed by atoms with E-state index >= 15 is 0 Å². The first-order valence-electron chi connectivity index (χ1n) is 8.30. The molecule has 4 nitrogen and oxygen atoms in total. The molecule has 0 atom stereocenters. The van der Waals surface area contributed by atoms with E-state index in [9.17, 15) is 4.79 Å². The first-order valence-corrected chi connectivity index (χ1v) is 8.30. The molecular weight excluding hydrogens is 290 g/mol. The van der Waals surface area contributed by atoms with Gasteiger partial charge in [-0.2, -0.15) is 0 Å². The first-order chi connectivity index (χ1) is 11.2. The molecule has 0 saturated carbocycles. The quantitative estimate of drug-likeness (QED) is 0.782. The van der Waals surface area contributed by atoms with Crippen LogP contribution >= 0.6 is 0 Å². The van der Waals surface area contributed by atoms with Gasteiger partial charge in [0.15, 0.2) is 0 Å². The van der Waals surface area contributed by atoms with Gasteiger partial charge >= 0.3 is 0 Å². The van der Waals surface area contributed by atoms with E-state index < -0.39 is 0 Å². The Labute approximate surface area is 138 Å². The van der Waals surface area contributed by atoms with Crippen LogP contribution in [-0.4, -0.2) is 26.7 Å². The van der Waals surface area contributed by atoms with E-state index in [4.69, 9.17) is 9.47 Å². The van der Waals surface area contributed by atoms with Gasteiger partial charge in [-0.05, 0) is 45.1 Å². The number of methoxy groups -OCH3 is 2. The summed E-state index contributed by atoms with van der Waals surface area (Å²) in [6.07, 6.45) is 8.56. The average molecular weight is 317 g/mol. The number of amides is 1. The minimum atomic E-state index is 0.0317. The number of carbonyl (C=O) groups excluding carboxylic acids is 1. The van der Waals surface area contributed by atoms with Crippen LogP contribution in [0.4, 0.5) is 0 Å². The minimum absolute atomic E-state index is 0.0317. The molecule has 0 fully saturated rings. The minimum Gasteiger partial charge on any atom is -0.496 e. The molecule has 1 aromatic carbocycles. The Bertz CT molecular complexity index is 578. The van der Waals surface area contributed by atoms with E-state index in [2.05, 4.69) is 11.4 Å². The van der Waals surface area contributed by atoms with Gasteiger partial charge in [-0.25, -0.2) is 0 Å². The highest BCUT2D eigenvalue weighted by molar-refractivity contribution is 5.79. The fourth-order valence-electron chi connectivity index (χ4n) is 3.10. The molecule has 0 saturated heterocycles. The smallest absolute Gasteiger partial charge is 0.224 e. The lowest BCUT2D eigenvalue weighted by Gasteiger charge is -2.15. The fourth-order valence-corrected chi connectivity index (χ4v) is 3.10. The number of rotatable bonds is 7. The van der Waals surface area contributed by atoms with Crippen molar-refractivity contribution in [1.82, 2.24) is 5.32 Å². The average Bonchev–Trinajstić information content (AvgIpc) is 2.56. The van der Waals surface area contributed by atoms with Gasteiger partial charge in [0.25, 0.3) is 0 Å². The zero-order valence-corrected chi connectivity index (χ0v) is 14.4. The van der Waals surface area contributed by atoms with E-state index in [1.807, 2.05) is 19.1 Å². The van der Waals surface area contributed by atoms with Gasteiger partial charge in [-0.1, -0.05) is 17.7 Å². The third kappa shape index (κ3) is 4.75. The highest BCUT2D eigenvalue weighted by Gasteiger charge is 2.14. The van der Waals surface area contributed by atoms with Gasteiger partial charge < -0.3 is 14.8 Å². The maximum atomic E-state index is 12.2. The third-order valence-corrected chi connectivity index (χ3v) is 4.37. The molecule has 0 aromatic heterocycles. The number of hydrogen-bond acceptors (Lipinski definition) is 3. The second kappa shape index (κ2) is 8.61. The summed E-state index contributed by atoms with van der Waals surface area (Å²) in [7, 11) is 3.26. The van der Waals surface area contributed by atoms with Gasteiger partial charge in [-0.3, -0.25) is 4.79 Å². The summed E-state index contributed by atoms with van der Waals surface area (Å²) in [6.45, 7) is 2.65. The van der Waals surface area contributed by atoms with Gasteiger partial charge in [0, 0.05) is 17.7 Å². The summed E-state index contributed by atoms with van der Waals surface area (Å²) in [5, 5.41) is 3.01. The van der Waals surface area contributed by atoms with Crippen LogP contribution in [0.15, 0.2) is 23.8 Å². The van der Waals surface area contributed by atoms with Gasteiger partial charge in [-0.15, -0.1) is 0 Å². The maximum Gasteiger partial charge on any atom is 0.224 e. The van der Waals surface area contributed by atoms with Crippen molar-refractivity contribution in [2.24, 2.45) is 0 Å². The predicted molar refractivity (Wildman–Crippen MR) is 92.2 cm³/mol. The molecule has 0 bridgehead atoms. The Balaban J connectivity index is 1.89. The molecule has 4 heteroatoms. The topological polar surface area (TPSA) is 47.6 Å². The number of ether oxygens (including phenoxy) is 2. The van der Waals surface area contributed by atoms with Crippen LogP contribution in [0.2, 0.25) is 0 Å². The normalized spacial score (nSPS) is 14.1. The summed E-state index contributed by atoms with van der Waals surface area (Å²) >= 11 is 0. The van der Waals surface area contributed by atoms with Crippen molar-refractivity contribution >= 4 is 5.91 Å². The summed E-state index contributed by atoms with van der Waals surface area (Å²) in [6, 6.07) is 3.78. The Kier molecular flexibility index (Phi) is 6.51. The van der Waals surface area contributed by atoms with E-state index in [0.29, 0.717) is 13.0 Å². The summed E-state index contributed by atoms with van der Waals surface area (Å²) in [5.74, 6) is 1.54. The number of hydrogen-bond donors (Lipinski definition) is 1. The van der Waals surface area contributed by atoms with Crippen molar-refractivity contribution in [3.8, 4) is 11.5 Å². The fraction of sp³-hybridized carbons (Fsp3) is 0.526. The molecule has 0 spiro atoms. The lowest BCUT2D eigenvalue weighted by atomic mass is 9.97. The SMILES string of the molecule is COc1ccc(CC(=O)NCCC2=CCCCC2)c(OC)c1C. The standard InChI is InChI=1S/C19H27NO3/c1-14-17(22-2)10-9-16(19(14)23-3)13-18(21)20-12-11-15-7-5-4-6-8-15/h7,9-10H,4-6,8,11-13H2,1-3H3,(H,20,21). The molecule has 23 heavy (non-hydrogen) atoms. The molecule has 0 radical (unpaired) electrons. The van der Waals surface area contributed by atoms with E-state index in [0.717, 1.165) is 29.0 Å². The van der Waals surface area contributed by atoms with Crippen molar-refractivity contribution in [2.75, 3.05) is 20.8 Å². The summed E-state index contributed by atoms with van der Waals surface area (Å²) in [5.41, 5.74) is 3.29. The maximum absolute atomic E-state index is 12.2. The first kappa shape index (κ1) is 17.4. The molecule has 0 heterocycles. The van der Waals surface area contributed by atoms with Crippen LogP contribution in [0.25, 0.3) is 0 Å². The summed E-state index contributed by atoms with van der Waals surface area (Å²) in [4.78, 5) is 12.2. The van der Waals surface area contributed by atoms with Crippen LogP contribution in [0.1, 0.15) is 43.2 Å². The van der Waals surface area contributed by atoms with Crippen LogP contribution in [0.3, 0.4) is 0 Å². The van der Waals surface area contributed by atoms with Crippen molar-refractivity contribution in [3.63, 3.8) is 0 Å². The van der Waals surface area contributed by atoms with Gasteiger partial charge in [0.2, 0.25) is 5.91 Å². The molecule has 1 amide bonds. The highest BCUT2D eigenvalue weighted by Crippen LogP contribution is 2.31. The largest absolute Gasteiger partial charge is 0.496 e. The Hall–Kier alpha value is -1.97. The van der Waals surface area contributed by atoms with Gasteiger partial charge in [0.05, 0.1) is 20.6 Å². The zero-order chi connectivity index (χ0) is 16.7.